The minimum atomic E-state index is -0.136. The first kappa shape index (κ1) is 17.3. The number of likely N-dealkylation sites (tertiary alicyclic amines) is 1. The fourth-order valence-corrected chi connectivity index (χ4v) is 3.16. The van der Waals surface area contributed by atoms with Crippen LogP contribution in [0.1, 0.15) is 12.8 Å². The molecule has 1 aliphatic rings. The molecule has 0 aliphatic carbocycles. The van der Waals surface area contributed by atoms with Gasteiger partial charge in [0.05, 0.1) is 11.4 Å². The lowest BCUT2D eigenvalue weighted by Crippen LogP contribution is -2.44. The van der Waals surface area contributed by atoms with Crippen molar-refractivity contribution in [3.63, 3.8) is 0 Å². The molecule has 0 aromatic heterocycles. The Kier molecular flexibility index (Phi) is 5.56. The standard InChI is InChI=1S/C20H26N4O/c1-23-14-12-16(13-15-23)21-20(25)22-18-10-6-7-11-19(18)24(2)17-8-4-3-5-9-17/h3-11,16H,12-15H2,1-2H3,(H2,21,22,25). The summed E-state index contributed by atoms with van der Waals surface area (Å²) in [6.45, 7) is 2.05. The van der Waals surface area contributed by atoms with Gasteiger partial charge in [0.1, 0.15) is 0 Å². The van der Waals surface area contributed by atoms with E-state index in [4.69, 9.17) is 0 Å². The molecule has 2 aromatic carbocycles. The molecule has 1 fully saturated rings. The number of anilines is 3. The second-order valence-corrected chi connectivity index (χ2v) is 6.59. The first-order valence-corrected chi connectivity index (χ1v) is 8.77. The lowest BCUT2D eigenvalue weighted by molar-refractivity contribution is 0.221. The van der Waals surface area contributed by atoms with Crippen molar-refractivity contribution in [1.29, 1.82) is 0 Å². The average molecular weight is 338 g/mol. The SMILES string of the molecule is CN1CCC(NC(=O)Nc2ccccc2N(C)c2ccccc2)CC1. The van der Waals surface area contributed by atoms with Gasteiger partial charge in [0, 0.05) is 18.8 Å². The van der Waals surface area contributed by atoms with Crippen LogP contribution in [0.3, 0.4) is 0 Å². The Labute approximate surface area is 149 Å². The first-order valence-electron chi connectivity index (χ1n) is 8.77. The maximum absolute atomic E-state index is 12.4. The van der Waals surface area contributed by atoms with Gasteiger partial charge in [0.25, 0.3) is 0 Å². The highest BCUT2D eigenvalue weighted by Crippen LogP contribution is 2.30. The number of benzene rings is 2. The molecule has 0 unspecified atom stereocenters. The fourth-order valence-electron chi connectivity index (χ4n) is 3.16. The van der Waals surface area contributed by atoms with Gasteiger partial charge >= 0.3 is 6.03 Å². The number of para-hydroxylation sites is 3. The minimum Gasteiger partial charge on any atom is -0.343 e. The second-order valence-electron chi connectivity index (χ2n) is 6.59. The van der Waals surface area contributed by atoms with E-state index in [1.165, 1.54) is 0 Å². The fraction of sp³-hybridized carbons (Fsp3) is 0.350. The molecule has 132 valence electrons. The molecule has 1 heterocycles. The Morgan fingerprint density at radius 2 is 1.68 bits per heavy atom. The van der Waals surface area contributed by atoms with Crippen LogP contribution in [0.4, 0.5) is 21.9 Å². The molecular formula is C20H26N4O. The Morgan fingerprint density at radius 3 is 2.40 bits per heavy atom. The monoisotopic (exact) mass is 338 g/mol. The van der Waals surface area contributed by atoms with Gasteiger partial charge in [-0.15, -0.1) is 0 Å². The zero-order valence-electron chi connectivity index (χ0n) is 14.9. The summed E-state index contributed by atoms with van der Waals surface area (Å²) in [6, 6.07) is 18.1. The molecule has 25 heavy (non-hydrogen) atoms. The normalized spacial score (nSPS) is 15.6. The van der Waals surface area contributed by atoms with Crippen LogP contribution < -0.4 is 15.5 Å². The number of piperidine rings is 1. The molecule has 5 nitrogen and oxygen atoms in total. The summed E-state index contributed by atoms with van der Waals surface area (Å²) in [5.41, 5.74) is 2.85. The lowest BCUT2D eigenvalue weighted by Gasteiger charge is -2.29. The molecule has 2 amide bonds. The van der Waals surface area contributed by atoms with Gasteiger partial charge < -0.3 is 20.4 Å². The van der Waals surface area contributed by atoms with Crippen molar-refractivity contribution < 1.29 is 4.79 Å². The van der Waals surface area contributed by atoms with Crippen LogP contribution in [0.25, 0.3) is 0 Å². The molecule has 2 aromatic rings. The minimum absolute atomic E-state index is 0.136. The number of nitrogens with zero attached hydrogens (tertiary/aromatic N) is 2. The Hall–Kier alpha value is -2.53. The molecule has 1 aliphatic heterocycles. The lowest BCUT2D eigenvalue weighted by atomic mass is 10.1. The number of carbonyl (C=O) groups is 1. The maximum Gasteiger partial charge on any atom is 0.319 e. The van der Waals surface area contributed by atoms with Crippen molar-refractivity contribution in [3.05, 3.63) is 54.6 Å². The van der Waals surface area contributed by atoms with Crippen molar-refractivity contribution in [2.24, 2.45) is 0 Å². The molecule has 5 heteroatoms. The Morgan fingerprint density at radius 1 is 1.04 bits per heavy atom. The van der Waals surface area contributed by atoms with E-state index in [9.17, 15) is 4.79 Å². The van der Waals surface area contributed by atoms with E-state index in [0.717, 1.165) is 43.0 Å². The van der Waals surface area contributed by atoms with E-state index in [1.54, 1.807) is 0 Å². The van der Waals surface area contributed by atoms with Crippen LogP contribution in [-0.2, 0) is 0 Å². The summed E-state index contributed by atoms with van der Waals surface area (Å²) in [6.07, 6.45) is 1.99. The summed E-state index contributed by atoms with van der Waals surface area (Å²) in [5.74, 6) is 0. The predicted molar refractivity (Wildman–Crippen MR) is 104 cm³/mol. The third-order valence-corrected chi connectivity index (χ3v) is 4.71. The third-order valence-electron chi connectivity index (χ3n) is 4.71. The smallest absolute Gasteiger partial charge is 0.319 e. The van der Waals surface area contributed by atoms with E-state index in [1.807, 2.05) is 49.5 Å². The van der Waals surface area contributed by atoms with Crippen LogP contribution in [-0.4, -0.2) is 44.2 Å². The zero-order chi connectivity index (χ0) is 17.6. The number of rotatable bonds is 4. The Balaban J connectivity index is 1.67. The molecule has 3 rings (SSSR count). The van der Waals surface area contributed by atoms with Gasteiger partial charge in [-0.2, -0.15) is 0 Å². The highest BCUT2D eigenvalue weighted by atomic mass is 16.2. The van der Waals surface area contributed by atoms with Crippen LogP contribution in [0.2, 0.25) is 0 Å². The Bertz CT molecular complexity index is 696. The molecule has 2 N–H and O–H groups in total. The quantitative estimate of drug-likeness (QED) is 0.894. The van der Waals surface area contributed by atoms with Crippen LogP contribution in [0.15, 0.2) is 54.6 Å². The highest BCUT2D eigenvalue weighted by Gasteiger charge is 2.19. The number of nitrogens with one attached hydrogen (secondary N) is 2. The number of amides is 2. The molecule has 0 atom stereocenters. The topological polar surface area (TPSA) is 47.6 Å². The summed E-state index contributed by atoms with van der Waals surface area (Å²) >= 11 is 0. The van der Waals surface area contributed by atoms with E-state index >= 15 is 0 Å². The van der Waals surface area contributed by atoms with Crippen molar-refractivity contribution >= 4 is 23.1 Å². The summed E-state index contributed by atoms with van der Waals surface area (Å²) in [4.78, 5) is 16.8. The number of urea groups is 1. The summed E-state index contributed by atoms with van der Waals surface area (Å²) in [5, 5.41) is 6.11. The van der Waals surface area contributed by atoms with Crippen LogP contribution in [0, 0.1) is 0 Å². The average Bonchev–Trinajstić information content (AvgIpc) is 2.64. The van der Waals surface area contributed by atoms with E-state index in [-0.39, 0.29) is 12.1 Å². The summed E-state index contributed by atoms with van der Waals surface area (Å²) in [7, 11) is 4.12. The van der Waals surface area contributed by atoms with Crippen LogP contribution >= 0.6 is 0 Å². The largest absolute Gasteiger partial charge is 0.343 e. The zero-order valence-corrected chi connectivity index (χ0v) is 14.9. The third kappa shape index (κ3) is 4.51. The van der Waals surface area contributed by atoms with Gasteiger partial charge in [-0.1, -0.05) is 30.3 Å². The number of hydrogen-bond acceptors (Lipinski definition) is 3. The molecular weight excluding hydrogens is 312 g/mol. The first-order chi connectivity index (χ1) is 12.1. The molecule has 0 spiro atoms. The van der Waals surface area contributed by atoms with Crippen LogP contribution in [0.5, 0.6) is 0 Å². The van der Waals surface area contributed by atoms with Gasteiger partial charge in [0.2, 0.25) is 0 Å². The van der Waals surface area contributed by atoms with Crippen molar-refractivity contribution in [1.82, 2.24) is 10.2 Å². The number of hydrogen-bond donors (Lipinski definition) is 2. The molecule has 1 saturated heterocycles. The second kappa shape index (κ2) is 8.03. The van der Waals surface area contributed by atoms with Crippen molar-refractivity contribution in [2.75, 3.05) is 37.4 Å². The molecule has 0 saturated carbocycles. The number of carbonyl (C=O) groups excluding carboxylic acids is 1. The van der Waals surface area contributed by atoms with Gasteiger partial charge in [0.15, 0.2) is 0 Å². The maximum atomic E-state index is 12.4. The van der Waals surface area contributed by atoms with E-state index in [0.29, 0.717) is 0 Å². The van der Waals surface area contributed by atoms with E-state index in [2.05, 4.69) is 39.6 Å². The molecule has 0 bridgehead atoms. The van der Waals surface area contributed by atoms with Crippen molar-refractivity contribution in [2.45, 2.75) is 18.9 Å². The van der Waals surface area contributed by atoms with E-state index < -0.39 is 0 Å². The van der Waals surface area contributed by atoms with Gasteiger partial charge in [-0.3, -0.25) is 0 Å². The van der Waals surface area contributed by atoms with Gasteiger partial charge in [-0.05, 0) is 57.2 Å². The summed E-state index contributed by atoms with van der Waals surface area (Å²) < 4.78 is 0. The van der Waals surface area contributed by atoms with Crippen molar-refractivity contribution in [3.8, 4) is 0 Å². The predicted octanol–water partition coefficient (Wildman–Crippen LogP) is 3.67. The highest BCUT2D eigenvalue weighted by molar-refractivity contribution is 5.94. The van der Waals surface area contributed by atoms with Gasteiger partial charge in [-0.25, -0.2) is 4.79 Å². The molecule has 0 radical (unpaired) electrons.